The van der Waals surface area contributed by atoms with E-state index in [0.29, 0.717) is 13.1 Å². The van der Waals surface area contributed by atoms with E-state index in [1.165, 1.54) is 5.57 Å². The number of nitrogens with one attached hydrogen (secondary N) is 2. The van der Waals surface area contributed by atoms with Crippen molar-refractivity contribution >= 4 is 11.6 Å². The molecule has 0 fully saturated rings. The number of benzene rings is 1. The zero-order chi connectivity index (χ0) is 12.3. The minimum Gasteiger partial charge on any atom is -0.384 e. The van der Waals surface area contributed by atoms with Crippen LogP contribution in [0, 0.1) is 0 Å². The number of carbonyl (C=O) groups is 1. The van der Waals surface area contributed by atoms with Crippen molar-refractivity contribution in [3.05, 3.63) is 41.5 Å². The van der Waals surface area contributed by atoms with Gasteiger partial charge in [-0.2, -0.15) is 0 Å². The second-order valence-corrected chi connectivity index (χ2v) is 4.55. The molecule has 2 rings (SSSR count). The van der Waals surface area contributed by atoms with Crippen molar-refractivity contribution in [1.82, 2.24) is 5.32 Å². The molecule has 0 bridgehead atoms. The van der Waals surface area contributed by atoms with E-state index >= 15 is 0 Å². The molecule has 1 atom stereocenters. The fourth-order valence-corrected chi connectivity index (χ4v) is 2.00. The van der Waals surface area contributed by atoms with Crippen LogP contribution >= 0.6 is 0 Å². The lowest BCUT2D eigenvalue weighted by Gasteiger charge is -2.09. The number of hydrogen-bond acceptors (Lipinski definition) is 2. The molecule has 17 heavy (non-hydrogen) atoms. The van der Waals surface area contributed by atoms with E-state index in [9.17, 15) is 4.79 Å². The minimum absolute atomic E-state index is 0.0586. The summed E-state index contributed by atoms with van der Waals surface area (Å²) in [5, 5.41) is 6.20. The summed E-state index contributed by atoms with van der Waals surface area (Å²) in [4.78, 5) is 12.0. The molecule has 1 heterocycles. The molecule has 0 aromatic heterocycles. The number of anilines is 1. The Kier molecular flexibility index (Phi) is 3.47. The van der Waals surface area contributed by atoms with Crippen molar-refractivity contribution in [1.29, 1.82) is 0 Å². The first-order chi connectivity index (χ1) is 8.18. The van der Waals surface area contributed by atoms with Crippen LogP contribution in [0.5, 0.6) is 0 Å². The van der Waals surface area contributed by atoms with Gasteiger partial charge in [0.2, 0.25) is 5.91 Å². The highest BCUT2D eigenvalue weighted by molar-refractivity contribution is 5.88. The molecule has 1 aromatic carbocycles. The Morgan fingerprint density at radius 3 is 3.00 bits per heavy atom. The Morgan fingerprint density at radius 2 is 2.24 bits per heavy atom. The van der Waals surface area contributed by atoms with Gasteiger partial charge in [-0.15, -0.1) is 0 Å². The number of para-hydroxylation sites is 1. The van der Waals surface area contributed by atoms with E-state index < -0.39 is 0 Å². The van der Waals surface area contributed by atoms with Gasteiger partial charge in [0.15, 0.2) is 0 Å². The van der Waals surface area contributed by atoms with Gasteiger partial charge in [-0.05, 0) is 25.5 Å². The molecule has 2 N–H and O–H groups in total. The zero-order valence-corrected chi connectivity index (χ0v) is 10.3. The van der Waals surface area contributed by atoms with Gasteiger partial charge in [0.1, 0.15) is 0 Å². The Labute approximate surface area is 102 Å². The summed E-state index contributed by atoms with van der Waals surface area (Å²) in [6, 6.07) is 7.98. The quantitative estimate of drug-likeness (QED) is 0.782. The van der Waals surface area contributed by atoms with Crippen LogP contribution < -0.4 is 10.6 Å². The van der Waals surface area contributed by atoms with E-state index in [2.05, 4.69) is 10.6 Å². The second-order valence-electron chi connectivity index (χ2n) is 4.55. The molecule has 0 radical (unpaired) electrons. The van der Waals surface area contributed by atoms with E-state index in [-0.39, 0.29) is 11.8 Å². The summed E-state index contributed by atoms with van der Waals surface area (Å²) in [6.45, 7) is 5.36. The fourth-order valence-electron chi connectivity index (χ4n) is 2.00. The largest absolute Gasteiger partial charge is 0.384 e. The van der Waals surface area contributed by atoms with Gasteiger partial charge in [-0.1, -0.05) is 29.8 Å². The van der Waals surface area contributed by atoms with Crippen LogP contribution in [0.4, 0.5) is 5.69 Å². The lowest BCUT2D eigenvalue weighted by molar-refractivity contribution is -0.121. The number of fused-ring (bicyclic) bond motifs is 1. The summed E-state index contributed by atoms with van der Waals surface area (Å²) in [6.07, 6.45) is 2.02. The molecule has 1 unspecified atom stereocenters. The van der Waals surface area contributed by atoms with Crippen LogP contribution in [0.25, 0.3) is 0 Å². The molecule has 1 aromatic rings. The van der Waals surface area contributed by atoms with E-state index in [4.69, 9.17) is 0 Å². The molecule has 0 aliphatic carbocycles. The van der Waals surface area contributed by atoms with E-state index in [0.717, 1.165) is 11.3 Å². The maximum absolute atomic E-state index is 12.0. The van der Waals surface area contributed by atoms with Gasteiger partial charge < -0.3 is 10.6 Å². The van der Waals surface area contributed by atoms with Crippen LogP contribution in [-0.2, 0) is 4.79 Å². The van der Waals surface area contributed by atoms with Gasteiger partial charge in [0.05, 0.1) is 5.92 Å². The predicted molar refractivity (Wildman–Crippen MR) is 70.1 cm³/mol. The van der Waals surface area contributed by atoms with Gasteiger partial charge >= 0.3 is 0 Å². The molecule has 1 aliphatic heterocycles. The SMILES string of the molecule is CC(C)=CCNC(=O)C1CNc2ccccc21. The maximum Gasteiger partial charge on any atom is 0.229 e. The van der Waals surface area contributed by atoms with Gasteiger partial charge in [-0.3, -0.25) is 4.79 Å². The van der Waals surface area contributed by atoms with Crippen molar-refractivity contribution < 1.29 is 4.79 Å². The molecule has 3 heteroatoms. The first-order valence-corrected chi connectivity index (χ1v) is 5.92. The Hall–Kier alpha value is -1.77. The number of amides is 1. The molecule has 0 saturated heterocycles. The van der Waals surface area contributed by atoms with Gasteiger partial charge in [0, 0.05) is 18.8 Å². The standard InChI is InChI=1S/C14H18N2O/c1-10(2)7-8-15-14(17)12-9-16-13-6-4-3-5-11(12)13/h3-7,12,16H,8-9H2,1-2H3,(H,15,17). The summed E-state index contributed by atoms with van der Waals surface area (Å²) < 4.78 is 0. The van der Waals surface area contributed by atoms with Crippen molar-refractivity contribution in [2.75, 3.05) is 18.4 Å². The van der Waals surface area contributed by atoms with Gasteiger partial charge in [-0.25, -0.2) is 0 Å². The number of carbonyl (C=O) groups excluding carboxylic acids is 1. The third-order valence-corrected chi connectivity index (χ3v) is 2.94. The van der Waals surface area contributed by atoms with Crippen molar-refractivity contribution in [2.45, 2.75) is 19.8 Å². The first-order valence-electron chi connectivity index (χ1n) is 5.92. The lowest BCUT2D eigenvalue weighted by Crippen LogP contribution is -2.30. The number of hydrogen-bond donors (Lipinski definition) is 2. The van der Waals surface area contributed by atoms with Crippen LogP contribution in [0.1, 0.15) is 25.3 Å². The highest BCUT2D eigenvalue weighted by atomic mass is 16.1. The number of allylic oxidation sites excluding steroid dienone is 1. The van der Waals surface area contributed by atoms with Crippen LogP contribution in [0.2, 0.25) is 0 Å². The molecular formula is C14H18N2O. The first kappa shape index (κ1) is 11.7. The zero-order valence-electron chi connectivity index (χ0n) is 10.3. The fraction of sp³-hybridized carbons (Fsp3) is 0.357. The molecule has 0 saturated carbocycles. The number of rotatable bonds is 3. The highest BCUT2D eigenvalue weighted by Gasteiger charge is 2.27. The highest BCUT2D eigenvalue weighted by Crippen LogP contribution is 2.30. The molecule has 3 nitrogen and oxygen atoms in total. The third-order valence-electron chi connectivity index (χ3n) is 2.94. The summed E-state index contributed by atoms with van der Waals surface area (Å²) in [5.41, 5.74) is 3.40. The van der Waals surface area contributed by atoms with Crippen molar-refractivity contribution in [2.24, 2.45) is 0 Å². The summed E-state index contributed by atoms with van der Waals surface area (Å²) >= 11 is 0. The maximum atomic E-state index is 12.0. The van der Waals surface area contributed by atoms with E-state index in [1.807, 2.05) is 44.2 Å². The van der Waals surface area contributed by atoms with Crippen LogP contribution in [-0.4, -0.2) is 19.0 Å². The molecule has 1 aliphatic rings. The molecule has 1 amide bonds. The van der Waals surface area contributed by atoms with Crippen LogP contribution in [0.3, 0.4) is 0 Å². The Morgan fingerprint density at radius 1 is 1.47 bits per heavy atom. The van der Waals surface area contributed by atoms with Crippen LogP contribution in [0.15, 0.2) is 35.9 Å². The topological polar surface area (TPSA) is 41.1 Å². The second kappa shape index (κ2) is 5.04. The smallest absolute Gasteiger partial charge is 0.229 e. The normalized spacial score (nSPS) is 16.9. The summed E-state index contributed by atoms with van der Waals surface area (Å²) in [5.74, 6) is 0.0386. The van der Waals surface area contributed by atoms with Crippen molar-refractivity contribution in [3.8, 4) is 0 Å². The molecule has 90 valence electrons. The Balaban J connectivity index is 2.00. The minimum atomic E-state index is -0.0586. The third kappa shape index (κ3) is 2.67. The predicted octanol–water partition coefficient (Wildman–Crippen LogP) is 2.28. The lowest BCUT2D eigenvalue weighted by atomic mass is 10.0. The van der Waals surface area contributed by atoms with E-state index in [1.54, 1.807) is 0 Å². The van der Waals surface area contributed by atoms with Crippen molar-refractivity contribution in [3.63, 3.8) is 0 Å². The molecule has 0 spiro atoms. The average molecular weight is 230 g/mol. The summed E-state index contributed by atoms with van der Waals surface area (Å²) in [7, 11) is 0. The monoisotopic (exact) mass is 230 g/mol. The van der Waals surface area contributed by atoms with Gasteiger partial charge in [0.25, 0.3) is 0 Å². The molecular weight excluding hydrogens is 212 g/mol. The Bertz CT molecular complexity index is 447. The average Bonchev–Trinajstić information content (AvgIpc) is 2.72.